The second kappa shape index (κ2) is 11.7. The van der Waals surface area contributed by atoms with E-state index in [0.29, 0.717) is 17.7 Å². The number of carboxylic acid groups (broad SMARTS) is 1. The molecule has 0 saturated carbocycles. The molecule has 0 aliphatic carbocycles. The van der Waals surface area contributed by atoms with Crippen molar-refractivity contribution < 1.29 is 32.0 Å². The van der Waals surface area contributed by atoms with E-state index in [1.165, 1.54) is 7.11 Å². The predicted octanol–water partition coefficient (Wildman–Crippen LogP) is 4.31. The van der Waals surface area contributed by atoms with Crippen LogP contribution in [0.25, 0.3) is 11.1 Å². The molecule has 3 aromatic rings. The molecule has 8 nitrogen and oxygen atoms in total. The van der Waals surface area contributed by atoms with E-state index in [2.05, 4.69) is 11.9 Å². The molecule has 0 bridgehead atoms. The van der Waals surface area contributed by atoms with Crippen LogP contribution in [0.3, 0.4) is 0 Å². The van der Waals surface area contributed by atoms with E-state index in [1.54, 1.807) is 66.7 Å². The van der Waals surface area contributed by atoms with Crippen molar-refractivity contribution in [2.45, 2.75) is 18.9 Å². The Morgan fingerprint density at radius 3 is 2.28 bits per heavy atom. The fraction of sp³-hybridized carbons (Fsp3) is 0.185. The molecule has 0 aliphatic heterocycles. The molecule has 3 rings (SSSR count). The number of carbonyl (C=O) groups excluding carboxylic acids is 1. The number of nitrogens with one attached hydrogen (secondary N) is 1. The Morgan fingerprint density at radius 2 is 1.72 bits per heavy atom. The van der Waals surface area contributed by atoms with Crippen LogP contribution in [0.4, 0.5) is 5.69 Å². The lowest BCUT2D eigenvalue weighted by Gasteiger charge is -2.15. The van der Waals surface area contributed by atoms with Crippen molar-refractivity contribution in [2.75, 3.05) is 18.7 Å². The first-order chi connectivity index (χ1) is 17.1. The van der Waals surface area contributed by atoms with E-state index in [9.17, 15) is 18.0 Å². The van der Waals surface area contributed by atoms with Gasteiger partial charge in [0.25, 0.3) is 5.91 Å². The van der Waals surface area contributed by atoms with Gasteiger partial charge in [-0.05, 0) is 59.0 Å². The maximum Gasteiger partial charge on any atom is 0.333 e. The summed E-state index contributed by atoms with van der Waals surface area (Å²) < 4.78 is 32.6. The molecule has 9 heteroatoms. The molecule has 2 N–H and O–H groups in total. The minimum Gasteiger partial charge on any atom is -0.479 e. The topological polar surface area (TPSA) is 119 Å². The average molecular weight is 510 g/mol. The number of carbonyl (C=O) groups is 2. The standard InChI is InChI=1S/C27H27NO7S/c1-4-6-23-22(19-11-15-21(16-12-19)35-36(3,32)33)7-5-8-24(23)26(29)28-20-13-9-18(10-14-20)17-25(34-2)27(30)31/h4-5,7-16,25H,1,6,17H2,2-3H3,(H,28,29)(H,30,31)/t25-/m0/s1. The highest BCUT2D eigenvalue weighted by molar-refractivity contribution is 7.86. The second-order valence-corrected chi connectivity index (χ2v) is 9.63. The zero-order valence-corrected chi connectivity index (χ0v) is 20.7. The van der Waals surface area contributed by atoms with E-state index in [0.717, 1.165) is 28.5 Å². The largest absolute Gasteiger partial charge is 0.479 e. The highest BCUT2D eigenvalue weighted by Gasteiger charge is 2.18. The van der Waals surface area contributed by atoms with Crippen LogP contribution in [-0.2, 0) is 32.5 Å². The van der Waals surface area contributed by atoms with Gasteiger partial charge in [-0.15, -0.1) is 6.58 Å². The summed E-state index contributed by atoms with van der Waals surface area (Å²) in [6.45, 7) is 3.81. The summed E-state index contributed by atoms with van der Waals surface area (Å²) in [7, 11) is -2.28. The lowest BCUT2D eigenvalue weighted by atomic mass is 9.92. The fourth-order valence-electron chi connectivity index (χ4n) is 3.71. The van der Waals surface area contributed by atoms with Crippen LogP contribution in [0.5, 0.6) is 5.75 Å². The number of benzene rings is 3. The van der Waals surface area contributed by atoms with Gasteiger partial charge in [0.15, 0.2) is 6.10 Å². The van der Waals surface area contributed by atoms with E-state index >= 15 is 0 Å². The number of hydrogen-bond donors (Lipinski definition) is 2. The maximum absolute atomic E-state index is 13.2. The lowest BCUT2D eigenvalue weighted by molar-refractivity contribution is -0.148. The normalized spacial score (nSPS) is 11.9. The van der Waals surface area contributed by atoms with E-state index in [-0.39, 0.29) is 18.1 Å². The van der Waals surface area contributed by atoms with Crippen LogP contribution >= 0.6 is 0 Å². The molecule has 188 valence electrons. The smallest absolute Gasteiger partial charge is 0.333 e. The molecule has 0 saturated heterocycles. The third-order valence-corrected chi connectivity index (χ3v) is 5.87. The number of amides is 1. The van der Waals surface area contributed by atoms with Gasteiger partial charge in [-0.3, -0.25) is 4.79 Å². The minimum absolute atomic E-state index is 0.198. The van der Waals surface area contributed by atoms with Crippen molar-refractivity contribution in [2.24, 2.45) is 0 Å². The second-order valence-electron chi connectivity index (χ2n) is 8.05. The third-order valence-electron chi connectivity index (χ3n) is 5.37. The highest BCUT2D eigenvalue weighted by atomic mass is 32.2. The first-order valence-corrected chi connectivity index (χ1v) is 12.8. The van der Waals surface area contributed by atoms with E-state index in [4.69, 9.17) is 14.0 Å². The molecular formula is C27H27NO7S. The van der Waals surface area contributed by atoms with Crippen molar-refractivity contribution >= 4 is 27.7 Å². The summed E-state index contributed by atoms with van der Waals surface area (Å²) in [6.07, 6.45) is 2.39. The highest BCUT2D eigenvalue weighted by Crippen LogP contribution is 2.29. The van der Waals surface area contributed by atoms with Crippen molar-refractivity contribution in [3.63, 3.8) is 0 Å². The van der Waals surface area contributed by atoms with Gasteiger partial charge < -0.3 is 19.3 Å². The number of methoxy groups -OCH3 is 1. The Balaban J connectivity index is 1.83. The Labute approximate surface area is 210 Å². The number of carboxylic acids is 1. The van der Waals surface area contributed by atoms with Gasteiger partial charge in [-0.2, -0.15) is 8.42 Å². The third kappa shape index (κ3) is 7.03. The molecule has 0 fully saturated rings. The van der Waals surface area contributed by atoms with Crippen LogP contribution in [0.2, 0.25) is 0 Å². The lowest BCUT2D eigenvalue weighted by Crippen LogP contribution is -2.24. The Hall–Kier alpha value is -3.95. The number of allylic oxidation sites excluding steroid dienone is 1. The molecule has 1 amide bonds. The van der Waals surface area contributed by atoms with Crippen LogP contribution in [0, 0.1) is 0 Å². The molecule has 3 aromatic carbocycles. The quantitative estimate of drug-likeness (QED) is 0.292. The van der Waals surface area contributed by atoms with Gasteiger partial charge in [0.05, 0.1) is 6.26 Å². The number of rotatable bonds is 11. The average Bonchev–Trinajstić information content (AvgIpc) is 2.83. The number of hydrogen-bond acceptors (Lipinski definition) is 6. The summed E-state index contributed by atoms with van der Waals surface area (Å²) >= 11 is 0. The Kier molecular flexibility index (Phi) is 8.63. The van der Waals surface area contributed by atoms with Gasteiger partial charge >= 0.3 is 16.1 Å². The molecule has 0 heterocycles. The summed E-state index contributed by atoms with van der Waals surface area (Å²) in [5, 5.41) is 12.0. The number of anilines is 1. The van der Waals surface area contributed by atoms with Gasteiger partial charge in [-0.1, -0.05) is 42.5 Å². The summed E-state index contributed by atoms with van der Waals surface area (Å²) in [5.41, 5.74) is 4.16. The van der Waals surface area contributed by atoms with Crippen LogP contribution in [0.1, 0.15) is 21.5 Å². The van der Waals surface area contributed by atoms with E-state index in [1.807, 2.05) is 6.07 Å². The molecule has 0 aromatic heterocycles. The van der Waals surface area contributed by atoms with E-state index < -0.39 is 22.2 Å². The molecule has 1 atom stereocenters. The van der Waals surface area contributed by atoms with Crippen LogP contribution in [-0.4, -0.2) is 44.9 Å². The van der Waals surface area contributed by atoms with Gasteiger partial charge in [0, 0.05) is 24.8 Å². The molecule has 0 aliphatic rings. The van der Waals surface area contributed by atoms with Crippen molar-refractivity contribution in [3.05, 3.63) is 96.1 Å². The van der Waals surface area contributed by atoms with Crippen molar-refractivity contribution in [1.29, 1.82) is 0 Å². The SMILES string of the molecule is C=CCc1c(C(=O)Nc2ccc(C[C@H](OC)C(=O)O)cc2)cccc1-c1ccc(OS(C)(=O)=O)cc1. The van der Waals surface area contributed by atoms with Gasteiger partial charge in [0.1, 0.15) is 5.75 Å². The van der Waals surface area contributed by atoms with Crippen molar-refractivity contribution in [3.8, 4) is 16.9 Å². The fourth-order valence-corrected chi connectivity index (χ4v) is 4.17. The number of ether oxygens (including phenoxy) is 1. The monoisotopic (exact) mass is 509 g/mol. The predicted molar refractivity (Wildman–Crippen MR) is 138 cm³/mol. The summed E-state index contributed by atoms with van der Waals surface area (Å²) in [4.78, 5) is 24.3. The summed E-state index contributed by atoms with van der Waals surface area (Å²) in [6, 6.07) is 18.9. The number of aliphatic carboxylic acids is 1. The first kappa shape index (κ1) is 26.7. The Morgan fingerprint density at radius 1 is 1.06 bits per heavy atom. The van der Waals surface area contributed by atoms with Crippen LogP contribution < -0.4 is 9.50 Å². The molecule has 0 spiro atoms. The Bertz CT molecular complexity index is 1350. The van der Waals surface area contributed by atoms with Gasteiger partial charge in [-0.25, -0.2) is 4.79 Å². The van der Waals surface area contributed by atoms with Gasteiger partial charge in [0.2, 0.25) is 0 Å². The molecule has 36 heavy (non-hydrogen) atoms. The molecular weight excluding hydrogens is 482 g/mol. The zero-order chi connectivity index (χ0) is 26.3. The molecule has 0 unspecified atom stereocenters. The maximum atomic E-state index is 13.2. The van der Waals surface area contributed by atoms with Crippen molar-refractivity contribution in [1.82, 2.24) is 0 Å². The summed E-state index contributed by atoms with van der Waals surface area (Å²) in [5.74, 6) is -1.15. The minimum atomic E-state index is -3.63. The first-order valence-electron chi connectivity index (χ1n) is 11.0. The van der Waals surface area contributed by atoms with Crippen LogP contribution in [0.15, 0.2) is 79.4 Å². The molecule has 0 radical (unpaired) electrons. The zero-order valence-electron chi connectivity index (χ0n) is 19.9.